The zero-order valence-corrected chi connectivity index (χ0v) is 17.0. The van der Waals surface area contributed by atoms with Crippen molar-refractivity contribution >= 4 is 28.9 Å². The third kappa shape index (κ3) is 6.28. The fourth-order valence-electron chi connectivity index (χ4n) is 2.63. The second-order valence-corrected chi connectivity index (χ2v) is 7.21. The van der Waals surface area contributed by atoms with E-state index in [0.717, 1.165) is 16.5 Å². The molecule has 0 radical (unpaired) electrons. The Bertz CT molecular complexity index is 974. The van der Waals surface area contributed by atoms with Crippen LogP contribution in [0.4, 0.5) is 4.79 Å². The summed E-state index contributed by atoms with van der Waals surface area (Å²) in [5.74, 6) is 3.83. The van der Waals surface area contributed by atoms with Gasteiger partial charge in [0, 0.05) is 29.4 Å². The Morgan fingerprint density at radius 3 is 2.59 bits per heavy atom. The second-order valence-electron chi connectivity index (χ2n) is 7.21. The molecule has 0 spiro atoms. The Balaban J connectivity index is 2.25. The van der Waals surface area contributed by atoms with Crippen LogP contribution in [0.5, 0.6) is 5.75 Å². The van der Waals surface area contributed by atoms with Gasteiger partial charge < -0.3 is 24.5 Å². The largest absolute Gasteiger partial charge is 0.467 e. The summed E-state index contributed by atoms with van der Waals surface area (Å²) in [5, 5.41) is 3.27. The average molecular weight is 400 g/mol. The number of amides is 1. The Kier molecular flexibility index (Phi) is 6.89. The number of rotatable bonds is 5. The van der Waals surface area contributed by atoms with E-state index in [1.807, 2.05) is 0 Å². The average Bonchev–Trinajstić information content (AvgIpc) is 3.01. The maximum absolute atomic E-state index is 12.2. The molecule has 0 saturated carbocycles. The van der Waals surface area contributed by atoms with Crippen molar-refractivity contribution in [2.75, 3.05) is 7.11 Å². The first-order chi connectivity index (χ1) is 13.6. The van der Waals surface area contributed by atoms with E-state index in [9.17, 15) is 14.4 Å². The molecule has 1 atom stereocenters. The van der Waals surface area contributed by atoms with Gasteiger partial charge in [0.25, 0.3) is 0 Å². The van der Waals surface area contributed by atoms with E-state index in [2.05, 4.69) is 22.1 Å². The van der Waals surface area contributed by atoms with Gasteiger partial charge in [-0.05, 0) is 51.5 Å². The van der Waals surface area contributed by atoms with Gasteiger partial charge in [0.05, 0.1) is 7.11 Å². The molecule has 1 aromatic carbocycles. The molecule has 1 unspecified atom stereocenters. The SMILES string of the molecule is CC#CC(=O)Oc1ccc2[nH]cc(CC(NC(=O)OC(C)(C)C)C(=O)OC)c2c1. The van der Waals surface area contributed by atoms with Crippen molar-refractivity contribution in [3.05, 3.63) is 30.0 Å². The lowest BCUT2D eigenvalue weighted by molar-refractivity contribution is -0.143. The number of methoxy groups -OCH3 is 1. The van der Waals surface area contributed by atoms with Crippen LogP contribution in [0, 0.1) is 11.8 Å². The highest BCUT2D eigenvalue weighted by Gasteiger charge is 2.26. The molecule has 8 nitrogen and oxygen atoms in total. The van der Waals surface area contributed by atoms with Gasteiger partial charge >= 0.3 is 18.0 Å². The van der Waals surface area contributed by atoms with Crippen molar-refractivity contribution in [3.63, 3.8) is 0 Å². The summed E-state index contributed by atoms with van der Waals surface area (Å²) in [5.41, 5.74) is 0.805. The number of hydrogen-bond acceptors (Lipinski definition) is 6. The molecule has 1 amide bonds. The van der Waals surface area contributed by atoms with E-state index in [1.54, 1.807) is 52.1 Å². The Hall–Kier alpha value is -3.47. The molecule has 29 heavy (non-hydrogen) atoms. The molecule has 154 valence electrons. The van der Waals surface area contributed by atoms with Crippen molar-refractivity contribution in [1.82, 2.24) is 10.3 Å². The van der Waals surface area contributed by atoms with Gasteiger partial charge in [0.15, 0.2) is 0 Å². The van der Waals surface area contributed by atoms with Gasteiger partial charge in [-0.25, -0.2) is 14.4 Å². The first-order valence-electron chi connectivity index (χ1n) is 8.95. The maximum Gasteiger partial charge on any atom is 0.408 e. The Morgan fingerprint density at radius 1 is 1.24 bits per heavy atom. The molecule has 0 aliphatic heterocycles. The standard InChI is InChI=1S/C21H24N2O6/c1-6-7-18(24)28-14-8-9-16-15(11-14)13(12-22-16)10-17(19(25)27-5)23-20(26)29-21(2,3)4/h8-9,11-12,17,22H,10H2,1-5H3,(H,23,26). The van der Waals surface area contributed by atoms with Gasteiger partial charge in [-0.1, -0.05) is 5.92 Å². The number of benzene rings is 1. The molecule has 0 saturated heterocycles. The monoisotopic (exact) mass is 400 g/mol. The minimum atomic E-state index is -0.953. The number of H-pyrrole nitrogens is 1. The quantitative estimate of drug-likeness (QED) is 0.346. The van der Waals surface area contributed by atoms with Crippen molar-refractivity contribution in [3.8, 4) is 17.6 Å². The predicted molar refractivity (Wildman–Crippen MR) is 106 cm³/mol. The molecule has 0 bridgehead atoms. The van der Waals surface area contributed by atoms with Crippen molar-refractivity contribution in [1.29, 1.82) is 0 Å². The first kappa shape index (κ1) is 21.8. The van der Waals surface area contributed by atoms with Crippen LogP contribution in [0.25, 0.3) is 10.9 Å². The number of aromatic nitrogens is 1. The lowest BCUT2D eigenvalue weighted by Gasteiger charge is -2.22. The topological polar surface area (TPSA) is 107 Å². The summed E-state index contributed by atoms with van der Waals surface area (Å²) in [6, 6.07) is 4.09. The van der Waals surface area contributed by atoms with Crippen LogP contribution in [0.15, 0.2) is 24.4 Å². The third-order valence-electron chi connectivity index (χ3n) is 3.78. The van der Waals surface area contributed by atoms with E-state index in [1.165, 1.54) is 7.11 Å². The molecule has 2 N–H and O–H groups in total. The predicted octanol–water partition coefficient (Wildman–Crippen LogP) is 2.71. The molecule has 1 aromatic heterocycles. The number of carbonyl (C=O) groups excluding carboxylic acids is 3. The second kappa shape index (κ2) is 9.15. The van der Waals surface area contributed by atoms with E-state index in [4.69, 9.17) is 14.2 Å². The fraction of sp³-hybridized carbons (Fsp3) is 0.381. The zero-order chi connectivity index (χ0) is 21.6. The van der Waals surface area contributed by atoms with Crippen LogP contribution in [0.3, 0.4) is 0 Å². The number of hydrogen-bond donors (Lipinski definition) is 2. The lowest BCUT2D eigenvalue weighted by Crippen LogP contribution is -2.45. The molecular weight excluding hydrogens is 376 g/mol. The van der Waals surface area contributed by atoms with E-state index in [0.29, 0.717) is 5.75 Å². The van der Waals surface area contributed by atoms with Crippen molar-refractivity contribution in [2.45, 2.75) is 45.8 Å². The van der Waals surface area contributed by atoms with Gasteiger partial charge in [-0.2, -0.15) is 0 Å². The molecule has 2 rings (SSSR count). The first-order valence-corrected chi connectivity index (χ1v) is 8.95. The van der Waals surface area contributed by atoms with Gasteiger partial charge in [0.1, 0.15) is 17.4 Å². The van der Waals surface area contributed by atoms with Crippen LogP contribution in [0.1, 0.15) is 33.3 Å². The third-order valence-corrected chi connectivity index (χ3v) is 3.78. The Labute approximate surface area is 168 Å². The highest BCUT2D eigenvalue weighted by molar-refractivity contribution is 5.91. The number of fused-ring (bicyclic) bond motifs is 1. The minimum Gasteiger partial charge on any atom is -0.467 e. The van der Waals surface area contributed by atoms with Gasteiger partial charge in [-0.3, -0.25) is 0 Å². The molecular formula is C21H24N2O6. The molecule has 0 aliphatic carbocycles. The van der Waals surface area contributed by atoms with E-state index >= 15 is 0 Å². The molecule has 2 aromatic rings. The van der Waals surface area contributed by atoms with Crippen LogP contribution in [0.2, 0.25) is 0 Å². The maximum atomic E-state index is 12.2. The van der Waals surface area contributed by atoms with Crippen LogP contribution in [-0.4, -0.2) is 41.8 Å². The summed E-state index contributed by atoms with van der Waals surface area (Å²) in [6.07, 6.45) is 1.15. The smallest absolute Gasteiger partial charge is 0.408 e. The molecule has 8 heteroatoms. The van der Waals surface area contributed by atoms with Crippen LogP contribution >= 0.6 is 0 Å². The number of esters is 2. The van der Waals surface area contributed by atoms with Crippen molar-refractivity contribution in [2.24, 2.45) is 0 Å². The van der Waals surface area contributed by atoms with E-state index in [-0.39, 0.29) is 6.42 Å². The minimum absolute atomic E-state index is 0.151. The van der Waals surface area contributed by atoms with Gasteiger partial charge in [-0.15, -0.1) is 0 Å². The normalized spacial score (nSPS) is 11.8. The summed E-state index contributed by atoms with van der Waals surface area (Å²) in [6.45, 7) is 6.72. The van der Waals surface area contributed by atoms with E-state index < -0.39 is 29.7 Å². The van der Waals surface area contributed by atoms with Crippen LogP contribution in [-0.2, 0) is 25.5 Å². The van der Waals surface area contributed by atoms with Gasteiger partial charge in [0.2, 0.25) is 0 Å². The number of aromatic amines is 1. The summed E-state index contributed by atoms with van der Waals surface area (Å²) >= 11 is 0. The number of carbonyl (C=O) groups is 3. The number of nitrogens with one attached hydrogen (secondary N) is 2. The highest BCUT2D eigenvalue weighted by atomic mass is 16.6. The summed E-state index contributed by atoms with van der Waals surface area (Å²) in [4.78, 5) is 38.9. The summed E-state index contributed by atoms with van der Waals surface area (Å²) < 4.78 is 15.2. The zero-order valence-electron chi connectivity index (χ0n) is 17.0. The van der Waals surface area contributed by atoms with Crippen LogP contribution < -0.4 is 10.1 Å². The summed E-state index contributed by atoms with van der Waals surface area (Å²) in [7, 11) is 1.24. The fourth-order valence-corrected chi connectivity index (χ4v) is 2.63. The molecule has 0 fully saturated rings. The molecule has 1 heterocycles. The molecule has 0 aliphatic rings. The van der Waals surface area contributed by atoms with Crippen molar-refractivity contribution < 1.29 is 28.6 Å². The highest BCUT2D eigenvalue weighted by Crippen LogP contribution is 2.25. The number of ether oxygens (including phenoxy) is 3. The lowest BCUT2D eigenvalue weighted by atomic mass is 10.0. The Morgan fingerprint density at radius 2 is 1.97 bits per heavy atom. The number of alkyl carbamates (subject to hydrolysis) is 1.